The summed E-state index contributed by atoms with van der Waals surface area (Å²) in [6.45, 7) is 3.29. The minimum absolute atomic E-state index is 0.0372. The first kappa shape index (κ1) is 17.3. The van der Waals surface area contributed by atoms with E-state index in [1.807, 2.05) is 49.4 Å². The van der Waals surface area contributed by atoms with E-state index in [2.05, 4.69) is 5.32 Å². The molecule has 5 nitrogen and oxygen atoms in total. The minimum atomic E-state index is -0.210. The van der Waals surface area contributed by atoms with Crippen molar-refractivity contribution in [2.45, 2.75) is 25.9 Å². The van der Waals surface area contributed by atoms with Gasteiger partial charge >= 0.3 is 0 Å². The molecule has 0 aromatic heterocycles. The summed E-state index contributed by atoms with van der Waals surface area (Å²) in [7, 11) is 0. The summed E-state index contributed by atoms with van der Waals surface area (Å²) < 4.78 is 16.8. The summed E-state index contributed by atoms with van der Waals surface area (Å²) >= 11 is 0. The van der Waals surface area contributed by atoms with Gasteiger partial charge in [0.15, 0.2) is 6.61 Å². The van der Waals surface area contributed by atoms with Crippen LogP contribution in [0.15, 0.2) is 48.5 Å². The van der Waals surface area contributed by atoms with Crippen molar-refractivity contribution in [1.29, 1.82) is 0 Å². The highest BCUT2D eigenvalue weighted by Gasteiger charge is 2.16. The van der Waals surface area contributed by atoms with E-state index in [-0.39, 0.29) is 18.6 Å². The number of hydrogen-bond donors (Lipinski definition) is 1. The molecule has 0 bridgehead atoms. The lowest BCUT2D eigenvalue weighted by Gasteiger charge is -2.13. The standard InChI is InChI=1S/C20H23NO4/c1-15-5-2-7-17(11-15)25-14-20(22)21-16-6-3-8-18(12-16)24-13-19-9-4-10-23-19/h2-3,5-8,11-12,19H,4,9-10,13-14H2,1H3,(H,21,22)/t19-/m1/s1. The first-order valence-corrected chi connectivity index (χ1v) is 8.53. The number of anilines is 1. The predicted molar refractivity (Wildman–Crippen MR) is 96.2 cm³/mol. The third-order valence-electron chi connectivity index (χ3n) is 3.94. The number of amides is 1. The van der Waals surface area contributed by atoms with Gasteiger partial charge in [-0.3, -0.25) is 4.79 Å². The molecule has 0 saturated carbocycles. The monoisotopic (exact) mass is 341 g/mol. The Hall–Kier alpha value is -2.53. The fourth-order valence-corrected chi connectivity index (χ4v) is 2.68. The predicted octanol–water partition coefficient (Wildman–Crippen LogP) is 3.57. The SMILES string of the molecule is Cc1cccc(OCC(=O)Nc2cccc(OC[C@H]3CCCO3)c2)c1. The van der Waals surface area contributed by atoms with Crippen LogP contribution >= 0.6 is 0 Å². The van der Waals surface area contributed by atoms with Crippen LogP contribution in [0, 0.1) is 6.92 Å². The van der Waals surface area contributed by atoms with Crippen LogP contribution in [-0.4, -0.2) is 31.8 Å². The van der Waals surface area contributed by atoms with Gasteiger partial charge in [0.05, 0.1) is 6.10 Å². The van der Waals surface area contributed by atoms with E-state index in [4.69, 9.17) is 14.2 Å². The molecule has 0 unspecified atom stereocenters. The average molecular weight is 341 g/mol. The quantitative estimate of drug-likeness (QED) is 0.836. The fourth-order valence-electron chi connectivity index (χ4n) is 2.68. The highest BCUT2D eigenvalue weighted by Crippen LogP contribution is 2.20. The molecule has 1 heterocycles. The van der Waals surface area contributed by atoms with E-state index >= 15 is 0 Å². The van der Waals surface area contributed by atoms with E-state index in [0.717, 1.165) is 25.0 Å². The van der Waals surface area contributed by atoms with Gasteiger partial charge in [-0.1, -0.05) is 18.2 Å². The normalized spacial score (nSPS) is 16.4. The van der Waals surface area contributed by atoms with Gasteiger partial charge in [0, 0.05) is 18.4 Å². The molecule has 1 aliphatic rings. The molecule has 1 fully saturated rings. The minimum Gasteiger partial charge on any atom is -0.491 e. The zero-order valence-electron chi connectivity index (χ0n) is 14.4. The van der Waals surface area contributed by atoms with Crippen molar-refractivity contribution in [2.24, 2.45) is 0 Å². The van der Waals surface area contributed by atoms with Crippen molar-refractivity contribution >= 4 is 11.6 Å². The second-order valence-corrected chi connectivity index (χ2v) is 6.13. The lowest BCUT2D eigenvalue weighted by molar-refractivity contribution is -0.118. The van der Waals surface area contributed by atoms with Gasteiger partial charge in [0.25, 0.3) is 5.91 Å². The Morgan fingerprint density at radius 3 is 2.72 bits per heavy atom. The third-order valence-corrected chi connectivity index (χ3v) is 3.94. The lowest BCUT2D eigenvalue weighted by Crippen LogP contribution is -2.20. The summed E-state index contributed by atoms with van der Waals surface area (Å²) in [4.78, 5) is 12.1. The molecule has 2 aromatic carbocycles. The van der Waals surface area contributed by atoms with Gasteiger partial charge in [0.2, 0.25) is 0 Å². The zero-order chi connectivity index (χ0) is 17.5. The molecule has 132 valence electrons. The number of ether oxygens (including phenoxy) is 3. The highest BCUT2D eigenvalue weighted by atomic mass is 16.5. The molecular formula is C20H23NO4. The van der Waals surface area contributed by atoms with Gasteiger partial charge in [-0.15, -0.1) is 0 Å². The summed E-state index contributed by atoms with van der Waals surface area (Å²) in [6.07, 6.45) is 2.29. The fraction of sp³-hybridized carbons (Fsp3) is 0.350. The van der Waals surface area contributed by atoms with E-state index in [1.165, 1.54) is 0 Å². The smallest absolute Gasteiger partial charge is 0.262 e. The van der Waals surface area contributed by atoms with E-state index in [1.54, 1.807) is 6.07 Å². The van der Waals surface area contributed by atoms with Gasteiger partial charge in [0.1, 0.15) is 18.1 Å². The van der Waals surface area contributed by atoms with Crippen LogP contribution in [-0.2, 0) is 9.53 Å². The topological polar surface area (TPSA) is 56.8 Å². The number of nitrogens with one attached hydrogen (secondary N) is 1. The maximum atomic E-state index is 12.1. The van der Waals surface area contributed by atoms with Crippen LogP contribution < -0.4 is 14.8 Å². The number of hydrogen-bond acceptors (Lipinski definition) is 4. The maximum Gasteiger partial charge on any atom is 0.262 e. The van der Waals surface area contributed by atoms with Crippen molar-refractivity contribution in [1.82, 2.24) is 0 Å². The van der Waals surface area contributed by atoms with Crippen molar-refractivity contribution in [3.8, 4) is 11.5 Å². The van der Waals surface area contributed by atoms with Crippen molar-refractivity contribution in [3.05, 3.63) is 54.1 Å². The van der Waals surface area contributed by atoms with Crippen LogP contribution in [0.25, 0.3) is 0 Å². The summed E-state index contributed by atoms with van der Waals surface area (Å²) in [6, 6.07) is 15.0. The Morgan fingerprint density at radius 2 is 1.96 bits per heavy atom. The summed E-state index contributed by atoms with van der Waals surface area (Å²) in [5.41, 5.74) is 1.77. The molecule has 25 heavy (non-hydrogen) atoms. The molecule has 3 rings (SSSR count). The summed E-state index contributed by atoms with van der Waals surface area (Å²) in [5.74, 6) is 1.19. The average Bonchev–Trinajstić information content (AvgIpc) is 3.12. The van der Waals surface area contributed by atoms with Crippen LogP contribution in [0.2, 0.25) is 0 Å². The van der Waals surface area contributed by atoms with Crippen LogP contribution in [0.4, 0.5) is 5.69 Å². The number of carbonyl (C=O) groups is 1. The summed E-state index contributed by atoms with van der Waals surface area (Å²) in [5, 5.41) is 2.82. The second-order valence-electron chi connectivity index (χ2n) is 6.13. The number of aryl methyl sites for hydroxylation is 1. The number of carbonyl (C=O) groups excluding carboxylic acids is 1. The van der Waals surface area contributed by atoms with Gasteiger partial charge in [-0.2, -0.15) is 0 Å². The third kappa shape index (κ3) is 5.50. The molecular weight excluding hydrogens is 318 g/mol. The van der Waals surface area contributed by atoms with E-state index in [0.29, 0.717) is 23.8 Å². The molecule has 1 N–H and O–H groups in total. The highest BCUT2D eigenvalue weighted by molar-refractivity contribution is 5.92. The molecule has 1 aliphatic heterocycles. The molecule has 2 aromatic rings. The molecule has 1 amide bonds. The first-order valence-electron chi connectivity index (χ1n) is 8.53. The van der Waals surface area contributed by atoms with E-state index in [9.17, 15) is 4.79 Å². The zero-order valence-corrected chi connectivity index (χ0v) is 14.4. The molecule has 0 spiro atoms. The first-order chi connectivity index (χ1) is 12.2. The van der Waals surface area contributed by atoms with Crippen molar-refractivity contribution < 1.29 is 19.0 Å². The van der Waals surface area contributed by atoms with Crippen LogP contribution in [0.1, 0.15) is 18.4 Å². The second kappa shape index (κ2) is 8.53. The largest absolute Gasteiger partial charge is 0.491 e. The van der Waals surface area contributed by atoms with Gasteiger partial charge in [-0.05, 0) is 49.6 Å². The van der Waals surface area contributed by atoms with E-state index < -0.39 is 0 Å². The van der Waals surface area contributed by atoms with Crippen molar-refractivity contribution in [2.75, 3.05) is 25.1 Å². The Morgan fingerprint density at radius 1 is 1.16 bits per heavy atom. The molecule has 0 radical (unpaired) electrons. The Bertz CT molecular complexity index is 710. The lowest BCUT2D eigenvalue weighted by atomic mass is 10.2. The number of rotatable bonds is 7. The molecule has 0 aliphatic carbocycles. The Kier molecular flexibility index (Phi) is 5.90. The molecule has 1 atom stereocenters. The van der Waals surface area contributed by atoms with Gasteiger partial charge in [-0.25, -0.2) is 0 Å². The Balaban J connectivity index is 1.48. The van der Waals surface area contributed by atoms with Crippen molar-refractivity contribution in [3.63, 3.8) is 0 Å². The number of benzene rings is 2. The maximum absolute atomic E-state index is 12.1. The van der Waals surface area contributed by atoms with Gasteiger partial charge < -0.3 is 19.5 Å². The van der Waals surface area contributed by atoms with Crippen LogP contribution in [0.5, 0.6) is 11.5 Å². The molecule has 5 heteroatoms. The Labute approximate surface area is 147 Å². The van der Waals surface area contributed by atoms with Crippen LogP contribution in [0.3, 0.4) is 0 Å². The molecule has 1 saturated heterocycles.